The SMILES string of the molecule is N#CC(c1ccc2c(c1)OCO2)N1CCN(C(=O)c2cccc(Cl)c2)CC1. The van der Waals surface area contributed by atoms with Gasteiger partial charge in [0.15, 0.2) is 11.5 Å². The first-order valence-corrected chi connectivity index (χ1v) is 9.11. The fourth-order valence-corrected chi connectivity index (χ4v) is 3.63. The van der Waals surface area contributed by atoms with Crippen molar-refractivity contribution in [3.63, 3.8) is 0 Å². The average Bonchev–Trinajstić information content (AvgIpc) is 3.16. The zero-order chi connectivity index (χ0) is 18.8. The van der Waals surface area contributed by atoms with Gasteiger partial charge in [-0.05, 0) is 35.9 Å². The van der Waals surface area contributed by atoms with Gasteiger partial charge in [-0.25, -0.2) is 0 Å². The number of piperazine rings is 1. The van der Waals surface area contributed by atoms with E-state index in [1.807, 2.05) is 18.2 Å². The molecule has 1 amide bonds. The van der Waals surface area contributed by atoms with Gasteiger partial charge in [0.2, 0.25) is 6.79 Å². The number of nitrogens with zero attached hydrogens (tertiary/aromatic N) is 3. The summed E-state index contributed by atoms with van der Waals surface area (Å²) >= 11 is 5.99. The van der Waals surface area contributed by atoms with E-state index in [2.05, 4.69) is 11.0 Å². The Labute approximate surface area is 162 Å². The van der Waals surface area contributed by atoms with E-state index in [1.165, 1.54) is 0 Å². The van der Waals surface area contributed by atoms with Gasteiger partial charge in [-0.1, -0.05) is 23.7 Å². The van der Waals surface area contributed by atoms with E-state index in [4.69, 9.17) is 21.1 Å². The zero-order valence-electron chi connectivity index (χ0n) is 14.6. The molecule has 0 aliphatic carbocycles. The highest BCUT2D eigenvalue weighted by atomic mass is 35.5. The summed E-state index contributed by atoms with van der Waals surface area (Å²) in [5.41, 5.74) is 1.46. The van der Waals surface area contributed by atoms with Crippen LogP contribution in [0.4, 0.5) is 0 Å². The fraction of sp³-hybridized carbons (Fsp3) is 0.300. The van der Waals surface area contributed by atoms with Crippen LogP contribution in [0.1, 0.15) is 22.0 Å². The molecule has 1 fully saturated rings. The molecule has 0 aromatic heterocycles. The number of carbonyl (C=O) groups is 1. The van der Waals surface area contributed by atoms with Gasteiger partial charge >= 0.3 is 0 Å². The minimum atomic E-state index is -0.386. The van der Waals surface area contributed by atoms with E-state index in [0.717, 1.165) is 5.56 Å². The molecule has 0 bridgehead atoms. The fourth-order valence-electron chi connectivity index (χ4n) is 3.44. The molecule has 27 heavy (non-hydrogen) atoms. The molecule has 2 aliphatic heterocycles. The maximum absolute atomic E-state index is 12.6. The first-order chi connectivity index (χ1) is 13.2. The van der Waals surface area contributed by atoms with Crippen LogP contribution in [0.5, 0.6) is 11.5 Å². The van der Waals surface area contributed by atoms with Crippen molar-refractivity contribution < 1.29 is 14.3 Å². The number of fused-ring (bicyclic) bond motifs is 1. The highest BCUT2D eigenvalue weighted by molar-refractivity contribution is 6.30. The van der Waals surface area contributed by atoms with Crippen molar-refractivity contribution in [2.75, 3.05) is 33.0 Å². The van der Waals surface area contributed by atoms with Crippen LogP contribution >= 0.6 is 11.6 Å². The molecule has 2 heterocycles. The molecular weight excluding hydrogens is 366 g/mol. The zero-order valence-corrected chi connectivity index (χ0v) is 15.4. The number of amides is 1. The second-order valence-corrected chi connectivity index (χ2v) is 6.92. The van der Waals surface area contributed by atoms with Crippen LogP contribution in [-0.4, -0.2) is 48.7 Å². The van der Waals surface area contributed by atoms with Crippen molar-refractivity contribution in [2.45, 2.75) is 6.04 Å². The van der Waals surface area contributed by atoms with E-state index in [0.29, 0.717) is 48.3 Å². The summed E-state index contributed by atoms with van der Waals surface area (Å²) < 4.78 is 10.7. The first-order valence-electron chi connectivity index (χ1n) is 8.74. The third-order valence-corrected chi connectivity index (χ3v) is 5.11. The van der Waals surface area contributed by atoms with Crippen molar-refractivity contribution in [3.8, 4) is 17.6 Å². The molecule has 2 aromatic rings. The Morgan fingerprint density at radius 1 is 1.07 bits per heavy atom. The number of carbonyl (C=O) groups excluding carboxylic acids is 1. The smallest absolute Gasteiger partial charge is 0.253 e. The number of ether oxygens (including phenoxy) is 2. The summed E-state index contributed by atoms with van der Waals surface area (Å²) in [6.45, 7) is 2.58. The number of rotatable bonds is 3. The lowest BCUT2D eigenvalue weighted by Gasteiger charge is -2.37. The Morgan fingerprint density at radius 3 is 2.59 bits per heavy atom. The minimum Gasteiger partial charge on any atom is -0.454 e. The molecule has 7 heteroatoms. The van der Waals surface area contributed by atoms with Crippen LogP contribution in [-0.2, 0) is 0 Å². The van der Waals surface area contributed by atoms with E-state index < -0.39 is 0 Å². The summed E-state index contributed by atoms with van der Waals surface area (Å²) in [6, 6.07) is 14.5. The van der Waals surface area contributed by atoms with Gasteiger partial charge in [-0.3, -0.25) is 9.69 Å². The van der Waals surface area contributed by atoms with Gasteiger partial charge in [0, 0.05) is 36.8 Å². The van der Waals surface area contributed by atoms with Gasteiger partial charge in [0.1, 0.15) is 6.04 Å². The van der Waals surface area contributed by atoms with Crippen molar-refractivity contribution in [2.24, 2.45) is 0 Å². The van der Waals surface area contributed by atoms with E-state index in [9.17, 15) is 10.1 Å². The molecule has 2 aromatic carbocycles. The minimum absolute atomic E-state index is 0.0336. The third kappa shape index (κ3) is 3.57. The monoisotopic (exact) mass is 383 g/mol. The molecule has 138 valence electrons. The van der Waals surface area contributed by atoms with Gasteiger partial charge in [-0.15, -0.1) is 0 Å². The number of hydrogen-bond acceptors (Lipinski definition) is 5. The Bertz CT molecular complexity index is 904. The number of benzene rings is 2. The van der Waals surface area contributed by atoms with Crippen molar-refractivity contribution in [3.05, 3.63) is 58.6 Å². The average molecular weight is 384 g/mol. The van der Waals surface area contributed by atoms with Crippen LogP contribution < -0.4 is 9.47 Å². The Morgan fingerprint density at radius 2 is 1.85 bits per heavy atom. The third-order valence-electron chi connectivity index (χ3n) is 4.87. The molecule has 1 atom stereocenters. The highest BCUT2D eigenvalue weighted by Crippen LogP contribution is 2.35. The topological polar surface area (TPSA) is 65.8 Å². The molecule has 0 spiro atoms. The second-order valence-electron chi connectivity index (χ2n) is 6.48. The van der Waals surface area contributed by atoms with E-state index in [-0.39, 0.29) is 18.7 Å². The van der Waals surface area contributed by atoms with Gasteiger partial charge in [0.05, 0.1) is 6.07 Å². The lowest BCUT2D eigenvalue weighted by Crippen LogP contribution is -2.49. The summed E-state index contributed by atoms with van der Waals surface area (Å²) in [4.78, 5) is 16.5. The van der Waals surface area contributed by atoms with Gasteiger partial charge < -0.3 is 14.4 Å². The van der Waals surface area contributed by atoms with E-state index >= 15 is 0 Å². The summed E-state index contributed by atoms with van der Waals surface area (Å²) in [5.74, 6) is 1.34. The summed E-state index contributed by atoms with van der Waals surface area (Å²) in [6.07, 6.45) is 0. The number of halogens is 1. The van der Waals surface area contributed by atoms with Crippen LogP contribution in [0.3, 0.4) is 0 Å². The first kappa shape index (κ1) is 17.7. The molecule has 0 radical (unpaired) electrons. The second kappa shape index (κ2) is 7.47. The molecule has 6 nitrogen and oxygen atoms in total. The predicted molar refractivity (Wildman–Crippen MR) is 99.8 cm³/mol. The maximum Gasteiger partial charge on any atom is 0.253 e. The standard InChI is InChI=1S/C20H18ClN3O3/c21-16-3-1-2-15(10-16)20(25)24-8-6-23(7-9-24)17(12-22)14-4-5-18-19(11-14)27-13-26-18/h1-5,10-11,17H,6-9,13H2. The van der Waals surface area contributed by atoms with Crippen LogP contribution in [0, 0.1) is 11.3 Å². The molecule has 1 saturated heterocycles. The molecule has 4 rings (SSSR count). The predicted octanol–water partition coefficient (Wildman–Crippen LogP) is 3.09. The number of hydrogen-bond donors (Lipinski definition) is 0. The van der Waals surface area contributed by atoms with Gasteiger partial charge in [0.25, 0.3) is 5.91 Å². The van der Waals surface area contributed by atoms with Crippen molar-refractivity contribution in [1.82, 2.24) is 9.80 Å². The Hall–Kier alpha value is -2.75. The summed E-state index contributed by atoms with van der Waals surface area (Å²) in [7, 11) is 0. The molecule has 0 saturated carbocycles. The van der Waals surface area contributed by atoms with Crippen molar-refractivity contribution in [1.29, 1.82) is 5.26 Å². The molecule has 0 N–H and O–H groups in total. The lowest BCUT2D eigenvalue weighted by atomic mass is 10.0. The Kier molecular flexibility index (Phi) is 4.88. The van der Waals surface area contributed by atoms with Crippen LogP contribution in [0.2, 0.25) is 5.02 Å². The van der Waals surface area contributed by atoms with Crippen LogP contribution in [0.25, 0.3) is 0 Å². The highest BCUT2D eigenvalue weighted by Gasteiger charge is 2.28. The molecule has 2 aliphatic rings. The largest absolute Gasteiger partial charge is 0.454 e. The molecule has 1 unspecified atom stereocenters. The summed E-state index contributed by atoms with van der Waals surface area (Å²) in [5, 5.41) is 10.3. The normalized spacial score (nSPS) is 17.4. The van der Waals surface area contributed by atoms with E-state index in [1.54, 1.807) is 29.2 Å². The van der Waals surface area contributed by atoms with Crippen molar-refractivity contribution >= 4 is 17.5 Å². The maximum atomic E-state index is 12.6. The lowest BCUT2D eigenvalue weighted by molar-refractivity contribution is 0.0606. The quantitative estimate of drug-likeness (QED) is 0.814. The number of nitriles is 1. The van der Waals surface area contributed by atoms with Gasteiger partial charge in [-0.2, -0.15) is 5.26 Å². The molecular formula is C20H18ClN3O3. The van der Waals surface area contributed by atoms with Crippen LogP contribution in [0.15, 0.2) is 42.5 Å². The Balaban J connectivity index is 1.43.